The maximum absolute atomic E-state index is 5.59. The summed E-state index contributed by atoms with van der Waals surface area (Å²) in [6.45, 7) is 0.903. The Kier molecular flexibility index (Phi) is 3.24. The minimum Gasteiger partial charge on any atom is -0.383 e. The zero-order valence-corrected chi connectivity index (χ0v) is 9.19. The van der Waals surface area contributed by atoms with Crippen LogP contribution in [0.2, 0.25) is 0 Å². The molecule has 1 aliphatic carbocycles. The van der Waals surface area contributed by atoms with Gasteiger partial charge in [0.2, 0.25) is 5.95 Å². The quantitative estimate of drug-likeness (QED) is 0.669. The Morgan fingerprint density at radius 1 is 1.31 bits per heavy atom. The first kappa shape index (κ1) is 10.7. The molecule has 0 saturated carbocycles. The van der Waals surface area contributed by atoms with Crippen molar-refractivity contribution in [2.45, 2.75) is 19.3 Å². The summed E-state index contributed by atoms with van der Waals surface area (Å²) in [5, 5.41) is 3.25. The molecule has 5 nitrogen and oxygen atoms in total. The van der Waals surface area contributed by atoms with E-state index in [1.54, 1.807) is 6.07 Å². The molecule has 0 spiro atoms. The monoisotopic (exact) mass is 219 g/mol. The molecule has 1 heterocycles. The van der Waals surface area contributed by atoms with Crippen LogP contribution in [-0.4, -0.2) is 16.5 Å². The van der Waals surface area contributed by atoms with E-state index in [9.17, 15) is 0 Å². The smallest absolute Gasteiger partial charge is 0.223 e. The molecule has 16 heavy (non-hydrogen) atoms. The van der Waals surface area contributed by atoms with E-state index < -0.39 is 0 Å². The maximum Gasteiger partial charge on any atom is 0.223 e. The van der Waals surface area contributed by atoms with Crippen molar-refractivity contribution in [1.82, 2.24) is 9.97 Å². The van der Waals surface area contributed by atoms with Gasteiger partial charge in [-0.15, -0.1) is 0 Å². The molecule has 0 radical (unpaired) electrons. The highest BCUT2D eigenvalue weighted by Gasteiger charge is 2.09. The first-order chi connectivity index (χ1) is 7.74. The van der Waals surface area contributed by atoms with E-state index in [2.05, 4.69) is 27.4 Å². The molecule has 0 saturated heterocycles. The largest absolute Gasteiger partial charge is 0.383 e. The molecule has 0 aliphatic heterocycles. The molecular formula is C11H17N5. The topological polar surface area (TPSA) is 89.8 Å². The van der Waals surface area contributed by atoms with Crippen LogP contribution in [0, 0.1) is 5.92 Å². The van der Waals surface area contributed by atoms with Gasteiger partial charge in [0, 0.05) is 12.6 Å². The molecule has 86 valence electrons. The van der Waals surface area contributed by atoms with Gasteiger partial charge in [0.25, 0.3) is 0 Å². The summed E-state index contributed by atoms with van der Waals surface area (Å²) < 4.78 is 0. The molecule has 2 rings (SSSR count). The Bertz CT molecular complexity index is 368. The highest BCUT2D eigenvalue weighted by molar-refractivity contribution is 5.48. The van der Waals surface area contributed by atoms with Gasteiger partial charge in [-0.3, -0.25) is 0 Å². The first-order valence-corrected chi connectivity index (χ1v) is 5.53. The van der Waals surface area contributed by atoms with E-state index >= 15 is 0 Å². The molecule has 1 atom stereocenters. The molecular weight excluding hydrogens is 202 g/mol. The summed E-state index contributed by atoms with van der Waals surface area (Å²) in [4.78, 5) is 7.90. The maximum atomic E-state index is 5.59. The van der Waals surface area contributed by atoms with E-state index in [1.165, 1.54) is 12.8 Å². The van der Waals surface area contributed by atoms with Crippen LogP contribution in [0.15, 0.2) is 18.2 Å². The highest BCUT2D eigenvalue weighted by atomic mass is 15.1. The van der Waals surface area contributed by atoms with Crippen LogP contribution in [0.3, 0.4) is 0 Å². The van der Waals surface area contributed by atoms with Gasteiger partial charge in [-0.25, -0.2) is 0 Å². The molecule has 5 heteroatoms. The second-order valence-electron chi connectivity index (χ2n) is 4.07. The van der Waals surface area contributed by atoms with Crippen molar-refractivity contribution in [3.63, 3.8) is 0 Å². The van der Waals surface area contributed by atoms with Crippen LogP contribution >= 0.6 is 0 Å². The van der Waals surface area contributed by atoms with E-state index in [4.69, 9.17) is 11.5 Å². The lowest BCUT2D eigenvalue weighted by Crippen LogP contribution is -2.16. The SMILES string of the molecule is Nc1cc(NCC2CC=CCC2)nc(N)n1. The average Bonchev–Trinajstić information content (AvgIpc) is 2.27. The molecule has 5 N–H and O–H groups in total. The number of nitrogen functional groups attached to an aromatic ring is 2. The van der Waals surface area contributed by atoms with E-state index in [0.717, 1.165) is 13.0 Å². The lowest BCUT2D eigenvalue weighted by Gasteiger charge is -2.18. The van der Waals surface area contributed by atoms with Crippen molar-refractivity contribution < 1.29 is 0 Å². The van der Waals surface area contributed by atoms with Crippen molar-refractivity contribution in [3.05, 3.63) is 18.2 Å². The van der Waals surface area contributed by atoms with Crippen LogP contribution in [0.4, 0.5) is 17.6 Å². The van der Waals surface area contributed by atoms with Gasteiger partial charge in [0.05, 0.1) is 0 Å². The lowest BCUT2D eigenvalue weighted by molar-refractivity contribution is 0.503. The predicted molar refractivity (Wildman–Crippen MR) is 65.8 cm³/mol. The van der Waals surface area contributed by atoms with Gasteiger partial charge >= 0.3 is 0 Å². The highest BCUT2D eigenvalue weighted by Crippen LogP contribution is 2.19. The number of nitrogens with two attached hydrogens (primary N) is 2. The van der Waals surface area contributed by atoms with E-state index in [0.29, 0.717) is 17.6 Å². The molecule has 0 fully saturated rings. The summed E-state index contributed by atoms with van der Waals surface area (Å²) in [6, 6.07) is 1.70. The molecule has 1 aromatic rings. The summed E-state index contributed by atoms with van der Waals surface area (Å²) in [5.74, 6) is 1.99. The van der Waals surface area contributed by atoms with E-state index in [-0.39, 0.29) is 5.95 Å². The summed E-state index contributed by atoms with van der Waals surface area (Å²) in [6.07, 6.45) is 7.98. The van der Waals surface area contributed by atoms with Crippen molar-refractivity contribution in [2.24, 2.45) is 5.92 Å². The average molecular weight is 219 g/mol. The first-order valence-electron chi connectivity index (χ1n) is 5.53. The van der Waals surface area contributed by atoms with Gasteiger partial charge in [-0.2, -0.15) is 9.97 Å². The zero-order valence-electron chi connectivity index (χ0n) is 9.19. The second kappa shape index (κ2) is 4.83. The van der Waals surface area contributed by atoms with Gasteiger partial charge in [-0.1, -0.05) is 12.2 Å². The zero-order chi connectivity index (χ0) is 11.4. The number of hydrogen-bond donors (Lipinski definition) is 3. The fraction of sp³-hybridized carbons (Fsp3) is 0.455. The van der Waals surface area contributed by atoms with Crippen LogP contribution < -0.4 is 16.8 Å². The van der Waals surface area contributed by atoms with Gasteiger partial charge in [0.1, 0.15) is 11.6 Å². The van der Waals surface area contributed by atoms with Crippen molar-refractivity contribution >= 4 is 17.6 Å². The summed E-state index contributed by atoms with van der Waals surface area (Å²) in [5.41, 5.74) is 11.1. The van der Waals surface area contributed by atoms with Gasteiger partial charge in [0.15, 0.2) is 0 Å². The number of rotatable bonds is 3. The Morgan fingerprint density at radius 3 is 2.88 bits per heavy atom. The van der Waals surface area contributed by atoms with Crippen molar-refractivity contribution in [2.75, 3.05) is 23.3 Å². The number of nitrogens with zero attached hydrogens (tertiary/aromatic N) is 2. The van der Waals surface area contributed by atoms with Crippen molar-refractivity contribution in [1.29, 1.82) is 0 Å². The number of nitrogens with one attached hydrogen (secondary N) is 1. The number of hydrogen-bond acceptors (Lipinski definition) is 5. The number of aromatic nitrogens is 2. The number of allylic oxidation sites excluding steroid dienone is 2. The third-order valence-electron chi connectivity index (χ3n) is 2.71. The third-order valence-corrected chi connectivity index (χ3v) is 2.71. The Labute approximate surface area is 95.0 Å². The molecule has 1 aromatic heterocycles. The summed E-state index contributed by atoms with van der Waals surface area (Å²) >= 11 is 0. The van der Waals surface area contributed by atoms with Crippen molar-refractivity contribution in [3.8, 4) is 0 Å². The molecule has 0 aromatic carbocycles. The molecule has 0 amide bonds. The second-order valence-corrected chi connectivity index (χ2v) is 4.07. The molecule has 1 unspecified atom stereocenters. The third kappa shape index (κ3) is 2.85. The minimum atomic E-state index is 0.214. The Balaban J connectivity index is 1.91. The van der Waals surface area contributed by atoms with Crippen LogP contribution in [0.1, 0.15) is 19.3 Å². The fourth-order valence-electron chi connectivity index (χ4n) is 1.87. The fourth-order valence-corrected chi connectivity index (χ4v) is 1.87. The number of anilines is 3. The molecule has 0 bridgehead atoms. The van der Waals surface area contributed by atoms with Crippen LogP contribution in [0.25, 0.3) is 0 Å². The lowest BCUT2D eigenvalue weighted by atomic mass is 9.94. The minimum absolute atomic E-state index is 0.214. The van der Waals surface area contributed by atoms with Gasteiger partial charge in [-0.05, 0) is 25.2 Å². The predicted octanol–water partition coefficient (Wildman–Crippen LogP) is 1.41. The standard InChI is InChI=1S/C11H17N5/c12-9-6-10(16-11(13)15-9)14-7-8-4-2-1-3-5-8/h1-2,6,8H,3-5,7H2,(H5,12,13,14,15,16). The Hall–Kier alpha value is -1.78. The normalized spacial score (nSPS) is 19.6. The van der Waals surface area contributed by atoms with Crippen LogP contribution in [0.5, 0.6) is 0 Å². The van der Waals surface area contributed by atoms with Gasteiger partial charge < -0.3 is 16.8 Å². The van der Waals surface area contributed by atoms with E-state index in [1.807, 2.05) is 0 Å². The van der Waals surface area contributed by atoms with Crippen LogP contribution in [-0.2, 0) is 0 Å². The summed E-state index contributed by atoms with van der Waals surface area (Å²) in [7, 11) is 0. The molecule has 1 aliphatic rings. The Morgan fingerprint density at radius 2 is 2.19 bits per heavy atom.